The number of hydrogen-bond donors (Lipinski definition) is 1. The molecule has 1 N–H and O–H groups in total. The third-order valence-electron chi connectivity index (χ3n) is 1.37. The van der Waals surface area contributed by atoms with Crippen LogP contribution in [0.3, 0.4) is 0 Å². The lowest BCUT2D eigenvalue weighted by molar-refractivity contribution is 0.111. The Morgan fingerprint density at radius 3 is 2.80 bits per heavy atom. The maximum atomic E-state index is 10.8. The second kappa shape index (κ2) is 2.47. The van der Waals surface area contributed by atoms with Crippen LogP contribution in [-0.4, -0.2) is 11.3 Å². The Kier molecular flexibility index (Phi) is 1.67. The standard InChI is InChI=1S/C7H7NO2/c1-5-6(4-9)8-3-2-7(5)10/h2-4H,1H3,(H,8,10). The minimum atomic E-state index is -0.110. The maximum absolute atomic E-state index is 10.8. The summed E-state index contributed by atoms with van der Waals surface area (Å²) in [4.78, 5) is 23.7. The number of rotatable bonds is 1. The van der Waals surface area contributed by atoms with Crippen molar-refractivity contribution < 1.29 is 4.79 Å². The van der Waals surface area contributed by atoms with Crippen LogP contribution in [0.5, 0.6) is 0 Å². The number of nitrogens with one attached hydrogen (secondary N) is 1. The van der Waals surface area contributed by atoms with Crippen LogP contribution < -0.4 is 5.43 Å². The number of pyridine rings is 1. The van der Waals surface area contributed by atoms with E-state index in [0.29, 0.717) is 17.5 Å². The predicted octanol–water partition coefficient (Wildman–Crippen LogP) is 0.496. The van der Waals surface area contributed by atoms with Crippen LogP contribution in [0.1, 0.15) is 16.1 Å². The van der Waals surface area contributed by atoms with E-state index in [1.807, 2.05) is 0 Å². The second-order valence-electron chi connectivity index (χ2n) is 2.00. The molecule has 0 amide bonds. The fourth-order valence-electron chi connectivity index (χ4n) is 0.696. The molecule has 0 saturated carbocycles. The van der Waals surface area contributed by atoms with Gasteiger partial charge in [-0.15, -0.1) is 0 Å². The van der Waals surface area contributed by atoms with Gasteiger partial charge in [-0.2, -0.15) is 0 Å². The maximum Gasteiger partial charge on any atom is 0.185 e. The molecule has 0 radical (unpaired) electrons. The molecule has 0 saturated heterocycles. The van der Waals surface area contributed by atoms with Gasteiger partial charge in [0.15, 0.2) is 11.7 Å². The van der Waals surface area contributed by atoms with Crippen LogP contribution in [0.4, 0.5) is 0 Å². The summed E-state index contributed by atoms with van der Waals surface area (Å²) in [6.07, 6.45) is 2.09. The summed E-state index contributed by atoms with van der Waals surface area (Å²) < 4.78 is 0. The lowest BCUT2D eigenvalue weighted by atomic mass is 10.2. The number of aromatic amines is 1. The van der Waals surface area contributed by atoms with E-state index in [-0.39, 0.29) is 5.43 Å². The van der Waals surface area contributed by atoms with Crippen molar-refractivity contribution in [3.63, 3.8) is 0 Å². The molecule has 1 heterocycles. The number of carbonyl (C=O) groups excluding carboxylic acids is 1. The van der Waals surface area contributed by atoms with E-state index in [2.05, 4.69) is 4.98 Å². The second-order valence-corrected chi connectivity index (χ2v) is 2.00. The first-order chi connectivity index (χ1) is 4.75. The molecule has 0 spiro atoms. The van der Waals surface area contributed by atoms with Crippen molar-refractivity contribution in [1.29, 1.82) is 0 Å². The third-order valence-corrected chi connectivity index (χ3v) is 1.37. The molecule has 3 nitrogen and oxygen atoms in total. The Bertz CT molecular complexity index is 301. The van der Waals surface area contributed by atoms with E-state index in [0.717, 1.165) is 0 Å². The fourth-order valence-corrected chi connectivity index (χ4v) is 0.696. The molecule has 1 aromatic heterocycles. The minimum Gasteiger partial charge on any atom is -0.359 e. The van der Waals surface area contributed by atoms with Gasteiger partial charge in [0.25, 0.3) is 0 Å². The molecule has 1 rings (SSSR count). The van der Waals surface area contributed by atoms with Crippen LogP contribution in [0.2, 0.25) is 0 Å². The molecule has 10 heavy (non-hydrogen) atoms. The largest absolute Gasteiger partial charge is 0.359 e. The van der Waals surface area contributed by atoms with Gasteiger partial charge in [0, 0.05) is 17.8 Å². The highest BCUT2D eigenvalue weighted by molar-refractivity contribution is 5.73. The summed E-state index contributed by atoms with van der Waals surface area (Å²) in [7, 11) is 0. The van der Waals surface area contributed by atoms with E-state index >= 15 is 0 Å². The quantitative estimate of drug-likeness (QED) is 0.573. The zero-order valence-electron chi connectivity index (χ0n) is 5.55. The summed E-state index contributed by atoms with van der Waals surface area (Å²) in [6, 6.07) is 1.39. The zero-order chi connectivity index (χ0) is 7.56. The van der Waals surface area contributed by atoms with Crippen molar-refractivity contribution in [2.75, 3.05) is 0 Å². The van der Waals surface area contributed by atoms with E-state index in [1.54, 1.807) is 6.92 Å². The van der Waals surface area contributed by atoms with Gasteiger partial charge in [-0.1, -0.05) is 0 Å². The molecular weight excluding hydrogens is 130 g/mol. The smallest absolute Gasteiger partial charge is 0.185 e. The molecule has 0 aliphatic rings. The number of aldehydes is 1. The molecule has 0 aliphatic carbocycles. The van der Waals surface area contributed by atoms with Crippen LogP contribution in [0.25, 0.3) is 0 Å². The highest BCUT2D eigenvalue weighted by atomic mass is 16.1. The number of hydrogen-bond acceptors (Lipinski definition) is 2. The van der Waals surface area contributed by atoms with Crippen molar-refractivity contribution in [2.24, 2.45) is 0 Å². The van der Waals surface area contributed by atoms with E-state index < -0.39 is 0 Å². The monoisotopic (exact) mass is 137 g/mol. The first-order valence-electron chi connectivity index (χ1n) is 2.89. The molecule has 1 aromatic rings. The van der Waals surface area contributed by atoms with Gasteiger partial charge < -0.3 is 4.98 Å². The highest BCUT2D eigenvalue weighted by Crippen LogP contribution is 1.91. The predicted molar refractivity (Wildman–Crippen MR) is 37.2 cm³/mol. The Hall–Kier alpha value is -1.38. The van der Waals surface area contributed by atoms with Crippen molar-refractivity contribution in [3.8, 4) is 0 Å². The van der Waals surface area contributed by atoms with Crippen molar-refractivity contribution in [3.05, 3.63) is 33.7 Å². The average Bonchev–Trinajstić information content (AvgIpc) is 1.95. The molecule has 0 aliphatic heterocycles. The van der Waals surface area contributed by atoms with Crippen molar-refractivity contribution >= 4 is 6.29 Å². The molecule has 0 bridgehead atoms. The highest BCUT2D eigenvalue weighted by Gasteiger charge is 1.97. The first-order valence-corrected chi connectivity index (χ1v) is 2.89. The molecule has 0 aromatic carbocycles. The molecule has 3 heteroatoms. The van der Waals surface area contributed by atoms with Crippen LogP contribution in [0.15, 0.2) is 17.1 Å². The SMILES string of the molecule is Cc1c(C=O)[nH]ccc1=O. The Morgan fingerprint density at radius 1 is 1.60 bits per heavy atom. The van der Waals surface area contributed by atoms with Crippen molar-refractivity contribution in [1.82, 2.24) is 4.98 Å². The molecular formula is C7H7NO2. The molecule has 0 unspecified atom stereocenters. The summed E-state index contributed by atoms with van der Waals surface area (Å²) >= 11 is 0. The summed E-state index contributed by atoms with van der Waals surface area (Å²) in [6.45, 7) is 1.61. The number of aromatic nitrogens is 1. The van der Waals surface area contributed by atoms with E-state index in [9.17, 15) is 9.59 Å². The molecule has 52 valence electrons. The summed E-state index contributed by atoms with van der Waals surface area (Å²) in [5, 5.41) is 0. The topological polar surface area (TPSA) is 49.9 Å². The lowest BCUT2D eigenvalue weighted by Gasteiger charge is -1.92. The molecule has 0 atom stereocenters. The fraction of sp³-hybridized carbons (Fsp3) is 0.143. The van der Waals surface area contributed by atoms with Gasteiger partial charge in [0.1, 0.15) is 0 Å². The average molecular weight is 137 g/mol. The molecule has 0 fully saturated rings. The normalized spacial score (nSPS) is 9.30. The van der Waals surface area contributed by atoms with Crippen molar-refractivity contribution in [2.45, 2.75) is 6.92 Å². The Morgan fingerprint density at radius 2 is 2.30 bits per heavy atom. The minimum absolute atomic E-state index is 0.110. The van der Waals surface area contributed by atoms with Gasteiger partial charge in [0.2, 0.25) is 0 Å². The third kappa shape index (κ3) is 0.978. The van der Waals surface area contributed by atoms with Gasteiger partial charge in [-0.25, -0.2) is 0 Å². The summed E-state index contributed by atoms with van der Waals surface area (Å²) in [5.74, 6) is 0. The van der Waals surface area contributed by atoms with Crippen LogP contribution >= 0.6 is 0 Å². The van der Waals surface area contributed by atoms with Crippen LogP contribution in [-0.2, 0) is 0 Å². The van der Waals surface area contributed by atoms with Gasteiger partial charge in [-0.05, 0) is 6.92 Å². The van der Waals surface area contributed by atoms with Gasteiger partial charge in [-0.3, -0.25) is 9.59 Å². The van der Waals surface area contributed by atoms with E-state index in [1.165, 1.54) is 12.3 Å². The number of H-pyrrole nitrogens is 1. The van der Waals surface area contributed by atoms with E-state index in [4.69, 9.17) is 0 Å². The van der Waals surface area contributed by atoms with Gasteiger partial charge in [0.05, 0.1) is 5.69 Å². The Balaban J connectivity index is 3.41. The van der Waals surface area contributed by atoms with Gasteiger partial charge >= 0.3 is 0 Å². The zero-order valence-corrected chi connectivity index (χ0v) is 5.55. The number of carbonyl (C=O) groups is 1. The first kappa shape index (κ1) is 6.74. The summed E-state index contributed by atoms with van der Waals surface area (Å²) in [5.41, 5.74) is 0.714. The Labute approximate surface area is 57.7 Å². The lowest BCUT2D eigenvalue weighted by Crippen LogP contribution is -2.07. The van der Waals surface area contributed by atoms with Crippen LogP contribution in [0, 0.1) is 6.92 Å².